The molecule has 1 aliphatic heterocycles. The number of nitrogens with one attached hydrogen (secondary N) is 1. The highest BCUT2D eigenvalue weighted by Gasteiger charge is 2.10. The van der Waals surface area contributed by atoms with Crippen LogP contribution in [0.1, 0.15) is 5.56 Å². The number of hydrogen-bond donors (Lipinski definition) is 1. The molecule has 1 aliphatic rings. The van der Waals surface area contributed by atoms with E-state index in [9.17, 15) is 0 Å². The van der Waals surface area contributed by atoms with Crippen LogP contribution in [0.2, 0.25) is 0 Å². The second-order valence-electron chi connectivity index (χ2n) is 2.18. The molecule has 1 aromatic heterocycles. The van der Waals surface area contributed by atoms with Gasteiger partial charge >= 0.3 is 0 Å². The smallest absolute Gasteiger partial charge is 0.206 e. The topological polar surface area (TPSA) is 48.2 Å². The van der Waals surface area contributed by atoms with E-state index >= 15 is 0 Å². The summed E-state index contributed by atoms with van der Waals surface area (Å²) in [5.41, 5.74) is 1.18. The molecule has 0 fully saturated rings. The molecular weight excluding hydrogens is 158 g/mol. The van der Waals surface area contributed by atoms with Crippen LogP contribution in [0.3, 0.4) is 0 Å². The van der Waals surface area contributed by atoms with Crippen molar-refractivity contribution in [3.63, 3.8) is 0 Å². The van der Waals surface area contributed by atoms with E-state index in [-0.39, 0.29) is 0 Å². The van der Waals surface area contributed by atoms with Crippen LogP contribution < -0.4 is 5.32 Å². The Kier molecular flexibility index (Phi) is 1.37. The molecule has 0 bridgehead atoms. The third-order valence-corrected chi connectivity index (χ3v) is 2.36. The Balaban J connectivity index is 2.35. The Morgan fingerprint density at radius 3 is 3.45 bits per heavy atom. The minimum atomic E-state index is 0.417. The second kappa shape index (κ2) is 2.36. The van der Waals surface area contributed by atoms with Crippen LogP contribution >= 0.6 is 11.3 Å². The van der Waals surface area contributed by atoms with Crippen molar-refractivity contribution in [3.8, 4) is 6.07 Å². The van der Waals surface area contributed by atoms with Crippen molar-refractivity contribution in [1.29, 1.82) is 5.26 Å². The zero-order valence-electron chi connectivity index (χ0n) is 5.66. The number of anilines is 1. The van der Waals surface area contributed by atoms with Crippen LogP contribution in [0.15, 0.2) is 16.4 Å². The van der Waals surface area contributed by atoms with Crippen LogP contribution in [0, 0.1) is 11.3 Å². The molecule has 1 N–H and O–H groups in total. The summed E-state index contributed by atoms with van der Waals surface area (Å²) < 4.78 is 0. The Labute approximate surface area is 68.0 Å². The SMILES string of the molecule is N#CC1=NCc2ccsc2N1. The lowest BCUT2D eigenvalue weighted by atomic mass is 10.3. The van der Waals surface area contributed by atoms with Gasteiger partial charge in [0.05, 0.1) is 11.5 Å². The molecule has 0 radical (unpaired) electrons. The van der Waals surface area contributed by atoms with E-state index in [1.807, 2.05) is 17.5 Å². The number of fused-ring (bicyclic) bond motifs is 1. The molecule has 0 aliphatic carbocycles. The Morgan fingerprint density at radius 1 is 1.73 bits per heavy atom. The van der Waals surface area contributed by atoms with E-state index < -0.39 is 0 Å². The van der Waals surface area contributed by atoms with E-state index in [2.05, 4.69) is 10.3 Å². The summed E-state index contributed by atoms with van der Waals surface area (Å²) in [5.74, 6) is 0.417. The van der Waals surface area contributed by atoms with Gasteiger partial charge in [-0.05, 0) is 11.4 Å². The molecule has 3 nitrogen and oxygen atoms in total. The quantitative estimate of drug-likeness (QED) is 0.631. The van der Waals surface area contributed by atoms with Crippen molar-refractivity contribution >= 4 is 22.2 Å². The van der Waals surface area contributed by atoms with E-state index in [4.69, 9.17) is 5.26 Å². The number of nitriles is 1. The molecule has 1 aromatic rings. The molecule has 54 valence electrons. The van der Waals surface area contributed by atoms with E-state index in [1.54, 1.807) is 11.3 Å². The van der Waals surface area contributed by atoms with Crippen LogP contribution in [-0.2, 0) is 6.54 Å². The Bertz CT molecular complexity index is 345. The average molecular weight is 163 g/mol. The molecule has 4 heteroatoms. The standard InChI is InChI=1S/C7H5N3S/c8-3-6-9-4-5-1-2-11-7(5)10-6/h1-2H,4H2,(H,9,10). The minimum Gasteiger partial charge on any atom is -0.323 e. The van der Waals surface area contributed by atoms with Crippen molar-refractivity contribution in [3.05, 3.63) is 17.0 Å². The van der Waals surface area contributed by atoms with Gasteiger partial charge in [0.15, 0.2) is 0 Å². The highest BCUT2D eigenvalue weighted by molar-refractivity contribution is 7.14. The zero-order valence-corrected chi connectivity index (χ0v) is 6.48. The summed E-state index contributed by atoms with van der Waals surface area (Å²) in [6.07, 6.45) is 0. The third-order valence-electron chi connectivity index (χ3n) is 1.49. The first kappa shape index (κ1) is 6.38. The van der Waals surface area contributed by atoms with Crippen molar-refractivity contribution in [2.45, 2.75) is 6.54 Å². The van der Waals surface area contributed by atoms with Gasteiger partial charge in [-0.2, -0.15) is 5.26 Å². The number of nitrogens with zero attached hydrogens (tertiary/aromatic N) is 2. The van der Waals surface area contributed by atoms with Gasteiger partial charge in [0.25, 0.3) is 0 Å². The van der Waals surface area contributed by atoms with Gasteiger partial charge in [-0.1, -0.05) is 0 Å². The summed E-state index contributed by atoms with van der Waals surface area (Å²) in [4.78, 5) is 4.01. The number of hydrogen-bond acceptors (Lipinski definition) is 4. The van der Waals surface area contributed by atoms with Gasteiger partial charge in [-0.25, -0.2) is 0 Å². The van der Waals surface area contributed by atoms with Crippen LogP contribution in [-0.4, -0.2) is 5.84 Å². The van der Waals surface area contributed by atoms with Crippen molar-refractivity contribution in [1.82, 2.24) is 0 Å². The van der Waals surface area contributed by atoms with Gasteiger partial charge < -0.3 is 5.32 Å². The summed E-state index contributed by atoms with van der Waals surface area (Å²) >= 11 is 1.60. The maximum Gasteiger partial charge on any atom is 0.206 e. The predicted molar refractivity (Wildman–Crippen MR) is 44.7 cm³/mol. The second-order valence-corrected chi connectivity index (χ2v) is 3.09. The summed E-state index contributed by atoms with van der Waals surface area (Å²) in [5, 5.41) is 14.5. The fourth-order valence-electron chi connectivity index (χ4n) is 0.944. The summed E-state index contributed by atoms with van der Waals surface area (Å²) in [7, 11) is 0. The first-order valence-corrected chi connectivity index (χ1v) is 4.06. The molecular formula is C7H5N3S. The molecule has 0 saturated carbocycles. The molecule has 11 heavy (non-hydrogen) atoms. The van der Waals surface area contributed by atoms with Gasteiger partial charge in [0, 0.05) is 5.56 Å². The molecule has 2 heterocycles. The fraction of sp³-hybridized carbons (Fsp3) is 0.143. The number of aliphatic imine (C=N–C) groups is 1. The lowest BCUT2D eigenvalue weighted by molar-refractivity contribution is 1.06. The predicted octanol–water partition coefficient (Wildman–Crippen LogP) is 1.60. The number of amidine groups is 1. The van der Waals surface area contributed by atoms with Crippen LogP contribution in [0.25, 0.3) is 0 Å². The van der Waals surface area contributed by atoms with Crippen LogP contribution in [0.4, 0.5) is 5.00 Å². The summed E-state index contributed by atoms with van der Waals surface area (Å²) in [6, 6.07) is 4.00. The van der Waals surface area contributed by atoms with Crippen LogP contribution in [0.5, 0.6) is 0 Å². The van der Waals surface area contributed by atoms with E-state index in [0.717, 1.165) is 5.00 Å². The van der Waals surface area contributed by atoms with Crippen molar-refractivity contribution in [2.75, 3.05) is 5.32 Å². The summed E-state index contributed by atoms with van der Waals surface area (Å²) in [6.45, 7) is 0.634. The average Bonchev–Trinajstić information content (AvgIpc) is 2.50. The van der Waals surface area contributed by atoms with Gasteiger partial charge in [-0.15, -0.1) is 11.3 Å². The van der Waals surface area contributed by atoms with Gasteiger partial charge in [0.1, 0.15) is 6.07 Å². The van der Waals surface area contributed by atoms with Gasteiger partial charge in [0.2, 0.25) is 5.84 Å². The molecule has 0 spiro atoms. The van der Waals surface area contributed by atoms with E-state index in [0.29, 0.717) is 12.4 Å². The Morgan fingerprint density at radius 2 is 2.64 bits per heavy atom. The lowest BCUT2D eigenvalue weighted by Crippen LogP contribution is -2.13. The molecule has 0 aromatic carbocycles. The lowest BCUT2D eigenvalue weighted by Gasteiger charge is -2.08. The molecule has 0 atom stereocenters. The largest absolute Gasteiger partial charge is 0.323 e. The Hall–Kier alpha value is -1.34. The maximum atomic E-state index is 8.52. The highest BCUT2D eigenvalue weighted by atomic mass is 32.1. The number of thiophene rings is 1. The van der Waals surface area contributed by atoms with E-state index in [1.165, 1.54) is 5.56 Å². The molecule has 2 rings (SSSR count). The molecule has 0 amide bonds. The maximum absolute atomic E-state index is 8.52. The minimum absolute atomic E-state index is 0.417. The first-order valence-electron chi connectivity index (χ1n) is 3.18. The molecule has 0 unspecified atom stereocenters. The molecule has 0 saturated heterocycles. The fourth-order valence-corrected chi connectivity index (χ4v) is 1.75. The zero-order chi connectivity index (χ0) is 7.68. The number of rotatable bonds is 0. The van der Waals surface area contributed by atoms with Crippen molar-refractivity contribution in [2.24, 2.45) is 4.99 Å². The van der Waals surface area contributed by atoms with Gasteiger partial charge in [-0.3, -0.25) is 4.99 Å². The third kappa shape index (κ3) is 0.994. The first-order chi connectivity index (χ1) is 5.40. The highest BCUT2D eigenvalue weighted by Crippen LogP contribution is 2.26. The normalized spacial score (nSPS) is 14.3. The van der Waals surface area contributed by atoms with Crippen molar-refractivity contribution < 1.29 is 0 Å². The monoisotopic (exact) mass is 163 g/mol.